The number of hydrogen-bond acceptors (Lipinski definition) is 6. The molecule has 160 valence electrons. The summed E-state index contributed by atoms with van der Waals surface area (Å²) in [6.45, 7) is 2.66. The van der Waals surface area contributed by atoms with E-state index in [2.05, 4.69) is 26.5 Å². The van der Waals surface area contributed by atoms with Crippen LogP contribution in [0.4, 0.5) is 11.5 Å². The first-order chi connectivity index (χ1) is 15.2. The fraction of sp³-hybridized carbons (Fsp3) is 0.391. The Kier molecular flexibility index (Phi) is 5.38. The van der Waals surface area contributed by atoms with Crippen molar-refractivity contribution in [1.29, 1.82) is 0 Å². The van der Waals surface area contributed by atoms with Gasteiger partial charge in [0.05, 0.1) is 30.5 Å². The highest BCUT2D eigenvalue weighted by atomic mass is 16.5. The molecule has 2 aliphatic rings. The predicted octanol–water partition coefficient (Wildman–Crippen LogP) is 2.94. The number of hydrogen-bond donors (Lipinski definition) is 1. The molecule has 0 radical (unpaired) electrons. The van der Waals surface area contributed by atoms with Crippen molar-refractivity contribution in [2.45, 2.75) is 25.3 Å². The molecule has 1 aliphatic carbocycles. The lowest BCUT2D eigenvalue weighted by Gasteiger charge is -2.38. The van der Waals surface area contributed by atoms with Crippen LogP contribution in [0.2, 0.25) is 0 Å². The molecule has 8 heteroatoms. The maximum Gasteiger partial charge on any atom is 0.231 e. The largest absolute Gasteiger partial charge is 0.383 e. The molecule has 1 amide bonds. The molecule has 0 atom stereocenters. The molecule has 1 saturated carbocycles. The van der Waals surface area contributed by atoms with Gasteiger partial charge in [0.15, 0.2) is 5.82 Å². The highest BCUT2D eigenvalue weighted by Gasteiger charge is 2.33. The molecular weight excluding hydrogens is 392 g/mol. The van der Waals surface area contributed by atoms with Crippen LogP contribution in [-0.2, 0) is 16.1 Å². The van der Waals surface area contributed by atoms with Crippen molar-refractivity contribution in [3.05, 3.63) is 54.4 Å². The third-order valence-corrected chi connectivity index (χ3v) is 5.88. The van der Waals surface area contributed by atoms with Crippen LogP contribution in [-0.4, -0.2) is 52.7 Å². The lowest BCUT2D eigenvalue weighted by Crippen LogP contribution is -2.52. The van der Waals surface area contributed by atoms with Gasteiger partial charge in [-0.2, -0.15) is 10.2 Å². The zero-order valence-corrected chi connectivity index (χ0v) is 17.6. The third-order valence-electron chi connectivity index (χ3n) is 5.88. The Morgan fingerprint density at radius 1 is 1.19 bits per heavy atom. The Labute approximate surface area is 181 Å². The van der Waals surface area contributed by atoms with E-state index in [1.807, 2.05) is 41.1 Å². The summed E-state index contributed by atoms with van der Waals surface area (Å²) in [6.07, 6.45) is 4.09. The molecule has 8 nitrogen and oxygen atoms in total. The van der Waals surface area contributed by atoms with Crippen molar-refractivity contribution in [2.24, 2.45) is 5.92 Å². The zero-order valence-electron chi connectivity index (χ0n) is 17.6. The number of carbonyl (C=O) groups is 1. The second kappa shape index (κ2) is 8.47. The molecule has 2 fully saturated rings. The van der Waals surface area contributed by atoms with Crippen LogP contribution >= 0.6 is 0 Å². The molecule has 1 saturated heterocycles. The summed E-state index contributed by atoms with van der Waals surface area (Å²) in [6, 6.07) is 13.9. The number of benzene rings is 1. The van der Waals surface area contributed by atoms with Gasteiger partial charge >= 0.3 is 0 Å². The van der Waals surface area contributed by atoms with E-state index in [0.717, 1.165) is 29.3 Å². The van der Waals surface area contributed by atoms with Gasteiger partial charge in [-0.25, -0.2) is 0 Å². The van der Waals surface area contributed by atoms with Crippen LogP contribution in [0.5, 0.6) is 0 Å². The number of carbonyl (C=O) groups excluding carboxylic acids is 1. The first kappa shape index (κ1) is 19.7. The van der Waals surface area contributed by atoms with Crippen LogP contribution in [0.25, 0.3) is 11.3 Å². The van der Waals surface area contributed by atoms with Gasteiger partial charge in [0.2, 0.25) is 5.91 Å². The Hall–Kier alpha value is -3.26. The van der Waals surface area contributed by atoms with E-state index in [0.29, 0.717) is 25.6 Å². The van der Waals surface area contributed by atoms with Crippen molar-refractivity contribution < 1.29 is 9.53 Å². The summed E-state index contributed by atoms with van der Waals surface area (Å²) < 4.78 is 7.27. The lowest BCUT2D eigenvalue weighted by atomic mass is 9.99. The molecule has 3 heterocycles. The van der Waals surface area contributed by atoms with Crippen molar-refractivity contribution in [3.63, 3.8) is 0 Å². The van der Waals surface area contributed by atoms with Crippen LogP contribution in [0.15, 0.2) is 48.7 Å². The van der Waals surface area contributed by atoms with Gasteiger partial charge in [-0.15, -0.1) is 5.10 Å². The van der Waals surface area contributed by atoms with E-state index in [1.54, 1.807) is 13.3 Å². The van der Waals surface area contributed by atoms with E-state index < -0.39 is 0 Å². The van der Waals surface area contributed by atoms with E-state index in [-0.39, 0.29) is 11.8 Å². The molecule has 1 aromatic carbocycles. The Morgan fingerprint density at radius 2 is 2.00 bits per heavy atom. The molecule has 0 spiro atoms. The van der Waals surface area contributed by atoms with Gasteiger partial charge in [-0.1, -0.05) is 12.1 Å². The molecule has 3 aromatic rings. The van der Waals surface area contributed by atoms with Gasteiger partial charge in [-0.3, -0.25) is 9.48 Å². The number of nitrogens with zero attached hydrogens (tertiary/aromatic N) is 5. The third kappa shape index (κ3) is 4.29. The minimum atomic E-state index is -0.0433. The van der Waals surface area contributed by atoms with Crippen molar-refractivity contribution in [2.75, 3.05) is 37.0 Å². The molecule has 2 aromatic heterocycles. The van der Waals surface area contributed by atoms with Gasteiger partial charge in [0.25, 0.3) is 0 Å². The molecule has 5 rings (SSSR count). The summed E-state index contributed by atoms with van der Waals surface area (Å²) in [5, 5.41) is 15.8. The molecule has 1 N–H and O–H groups in total. The Bertz CT molecular complexity index is 1040. The molecular formula is C23H26N6O2. The van der Waals surface area contributed by atoms with E-state index in [9.17, 15) is 4.79 Å². The normalized spacial score (nSPS) is 16.2. The minimum absolute atomic E-state index is 0.0362. The van der Waals surface area contributed by atoms with Crippen molar-refractivity contribution in [1.82, 2.24) is 20.0 Å². The highest BCUT2D eigenvalue weighted by Crippen LogP contribution is 2.40. The van der Waals surface area contributed by atoms with Crippen LogP contribution in [0.1, 0.15) is 24.5 Å². The van der Waals surface area contributed by atoms with E-state index in [4.69, 9.17) is 9.84 Å². The van der Waals surface area contributed by atoms with E-state index in [1.165, 1.54) is 18.5 Å². The number of ether oxygens (including phenoxy) is 1. The average Bonchev–Trinajstić information content (AvgIpc) is 3.52. The quantitative estimate of drug-likeness (QED) is 0.605. The summed E-state index contributed by atoms with van der Waals surface area (Å²) in [4.78, 5) is 14.6. The van der Waals surface area contributed by atoms with Crippen molar-refractivity contribution in [3.8, 4) is 11.3 Å². The molecule has 0 bridgehead atoms. The first-order valence-electron chi connectivity index (χ1n) is 10.7. The predicted molar refractivity (Wildman–Crippen MR) is 118 cm³/mol. The maximum atomic E-state index is 12.6. The Balaban J connectivity index is 1.22. The van der Waals surface area contributed by atoms with Gasteiger partial charge < -0.3 is 15.0 Å². The van der Waals surface area contributed by atoms with Gasteiger partial charge in [0, 0.05) is 38.0 Å². The Morgan fingerprint density at radius 3 is 2.68 bits per heavy atom. The minimum Gasteiger partial charge on any atom is -0.383 e. The fourth-order valence-electron chi connectivity index (χ4n) is 3.86. The number of aromatic nitrogens is 4. The maximum absolute atomic E-state index is 12.6. The number of nitrogens with one attached hydrogen (secondary N) is 1. The molecule has 1 aliphatic heterocycles. The standard InChI is InChI=1S/C23H26N6O2/c1-31-12-11-29-21(13-20(27-29)16-4-5-16)17-6-8-19(9-7-17)25-23(30)18-14-28(15-18)22-3-2-10-24-26-22/h2-3,6-10,13,16,18H,4-5,11-12,14-15H2,1H3,(H,25,30). The van der Waals surface area contributed by atoms with Gasteiger partial charge in [0.1, 0.15) is 0 Å². The monoisotopic (exact) mass is 418 g/mol. The van der Waals surface area contributed by atoms with Gasteiger partial charge in [-0.05, 0) is 48.7 Å². The summed E-state index contributed by atoms with van der Waals surface area (Å²) in [5.74, 6) is 1.41. The second-order valence-corrected chi connectivity index (χ2v) is 8.20. The highest BCUT2D eigenvalue weighted by molar-refractivity contribution is 5.94. The molecule has 0 unspecified atom stereocenters. The summed E-state index contributed by atoms with van der Waals surface area (Å²) >= 11 is 0. The molecule has 31 heavy (non-hydrogen) atoms. The fourth-order valence-corrected chi connectivity index (χ4v) is 3.86. The number of rotatable bonds is 8. The summed E-state index contributed by atoms with van der Waals surface area (Å²) in [5.41, 5.74) is 4.15. The SMILES string of the molecule is COCCn1nc(C2CC2)cc1-c1ccc(NC(=O)C2CN(c3cccnn3)C2)cc1. The smallest absolute Gasteiger partial charge is 0.231 e. The summed E-state index contributed by atoms with van der Waals surface area (Å²) in [7, 11) is 1.71. The topological polar surface area (TPSA) is 85.2 Å². The lowest BCUT2D eigenvalue weighted by molar-refractivity contribution is -0.120. The average molecular weight is 419 g/mol. The number of methoxy groups -OCH3 is 1. The zero-order chi connectivity index (χ0) is 21.2. The van der Waals surface area contributed by atoms with Crippen LogP contribution in [0.3, 0.4) is 0 Å². The second-order valence-electron chi connectivity index (χ2n) is 8.20. The van der Waals surface area contributed by atoms with E-state index >= 15 is 0 Å². The van der Waals surface area contributed by atoms with Crippen molar-refractivity contribution >= 4 is 17.4 Å². The number of amides is 1. The van der Waals surface area contributed by atoms with Crippen LogP contribution in [0, 0.1) is 5.92 Å². The first-order valence-corrected chi connectivity index (χ1v) is 10.7. The number of anilines is 2. The van der Waals surface area contributed by atoms with Crippen LogP contribution < -0.4 is 10.2 Å².